The number of aromatic amines is 1. The van der Waals surface area contributed by atoms with Crippen molar-refractivity contribution >= 4 is 22.7 Å². The van der Waals surface area contributed by atoms with Crippen molar-refractivity contribution in [3.63, 3.8) is 0 Å². The molecule has 0 aliphatic heterocycles. The van der Waals surface area contributed by atoms with Gasteiger partial charge in [-0.3, -0.25) is 9.78 Å². The number of H-pyrrole nitrogens is 1. The number of hydrogen-bond acceptors (Lipinski definition) is 4. The normalized spacial score (nSPS) is 14.9. The Morgan fingerprint density at radius 2 is 2.07 bits per heavy atom. The Balaban J connectivity index is 1.68. The number of ether oxygens (including phenoxy) is 1. The quantitative estimate of drug-likeness (QED) is 0.719. The van der Waals surface area contributed by atoms with Crippen molar-refractivity contribution in [2.24, 2.45) is 5.92 Å². The van der Waals surface area contributed by atoms with Crippen molar-refractivity contribution in [3.05, 3.63) is 61.4 Å². The molecule has 2 heterocycles. The summed E-state index contributed by atoms with van der Waals surface area (Å²) in [6.45, 7) is 2.71. The third kappa shape index (κ3) is 3.54. The number of oxazole rings is 1. The van der Waals surface area contributed by atoms with Crippen LogP contribution in [0.15, 0.2) is 38.4 Å². The maximum Gasteiger partial charge on any atom is 0.417 e. The highest BCUT2D eigenvalue weighted by Crippen LogP contribution is 2.30. The van der Waals surface area contributed by atoms with Crippen molar-refractivity contribution in [2.75, 3.05) is 6.61 Å². The van der Waals surface area contributed by atoms with Gasteiger partial charge < -0.3 is 13.7 Å². The molecule has 0 radical (unpaired) electrons. The number of benzene rings is 1. The molecule has 27 heavy (non-hydrogen) atoms. The summed E-state index contributed by atoms with van der Waals surface area (Å²) in [5.41, 5.74) is 1.58. The number of hydrogen-bond donors (Lipinski definition) is 1. The van der Waals surface area contributed by atoms with E-state index >= 15 is 0 Å². The fraction of sp³-hybridized carbons (Fsp3) is 0.400. The van der Waals surface area contributed by atoms with E-state index in [9.17, 15) is 9.59 Å². The predicted molar refractivity (Wildman–Crippen MR) is 104 cm³/mol. The summed E-state index contributed by atoms with van der Waals surface area (Å²) >= 11 is 6.42. The standard InChI is InChI=1S/C20H21ClN2O4/c1-12-9-23(19(24)17-18(12)27-20(25)22-17)10-14-15(21)7-4-8-16(14)26-11-13-5-2-3-6-13/h4,7-9,13H,2-3,5-6,10-11H2,1H3,(H,22,25). The highest BCUT2D eigenvalue weighted by Gasteiger charge is 2.18. The molecule has 0 saturated heterocycles. The Labute approximate surface area is 160 Å². The highest BCUT2D eigenvalue weighted by atomic mass is 35.5. The average Bonchev–Trinajstić information content (AvgIpc) is 3.29. The van der Waals surface area contributed by atoms with E-state index < -0.39 is 5.76 Å². The van der Waals surface area contributed by atoms with E-state index in [2.05, 4.69) is 4.98 Å². The van der Waals surface area contributed by atoms with Gasteiger partial charge in [-0.05, 0) is 37.8 Å². The molecule has 3 aromatic rings. The van der Waals surface area contributed by atoms with Gasteiger partial charge in [0.2, 0.25) is 0 Å². The maximum absolute atomic E-state index is 12.7. The van der Waals surface area contributed by atoms with Crippen molar-refractivity contribution in [3.8, 4) is 5.75 Å². The third-order valence-corrected chi connectivity index (χ3v) is 5.54. The summed E-state index contributed by atoms with van der Waals surface area (Å²) in [7, 11) is 0. The second-order valence-corrected chi connectivity index (χ2v) is 7.55. The van der Waals surface area contributed by atoms with Crippen molar-refractivity contribution in [2.45, 2.75) is 39.2 Å². The fourth-order valence-electron chi connectivity index (χ4n) is 3.75. The third-order valence-electron chi connectivity index (χ3n) is 5.18. The van der Waals surface area contributed by atoms with Gasteiger partial charge in [0, 0.05) is 22.3 Å². The molecule has 0 atom stereocenters. The van der Waals surface area contributed by atoms with Gasteiger partial charge in [-0.1, -0.05) is 30.5 Å². The Bertz CT molecular complexity index is 1090. The van der Waals surface area contributed by atoms with E-state index in [-0.39, 0.29) is 23.2 Å². The Kier molecular flexibility index (Phi) is 4.83. The molecule has 1 aromatic carbocycles. The lowest BCUT2D eigenvalue weighted by Gasteiger charge is -2.17. The highest BCUT2D eigenvalue weighted by molar-refractivity contribution is 6.31. The first kappa shape index (κ1) is 17.9. The SMILES string of the molecule is Cc1cn(Cc2c(Cl)cccc2OCC2CCCC2)c(=O)c2[nH]c(=O)oc12. The summed E-state index contributed by atoms with van der Waals surface area (Å²) in [6, 6.07) is 5.52. The Morgan fingerprint density at radius 1 is 1.30 bits per heavy atom. The summed E-state index contributed by atoms with van der Waals surface area (Å²) < 4.78 is 12.6. The first-order valence-electron chi connectivity index (χ1n) is 9.16. The zero-order valence-electron chi connectivity index (χ0n) is 15.1. The van der Waals surface area contributed by atoms with Gasteiger partial charge in [-0.25, -0.2) is 4.79 Å². The molecule has 1 N–H and O–H groups in total. The van der Waals surface area contributed by atoms with Crippen LogP contribution in [0.4, 0.5) is 0 Å². The minimum atomic E-state index is -0.638. The molecular weight excluding hydrogens is 368 g/mol. The molecule has 2 aromatic heterocycles. The molecule has 6 nitrogen and oxygen atoms in total. The van der Waals surface area contributed by atoms with Gasteiger partial charge in [0.05, 0.1) is 13.2 Å². The minimum Gasteiger partial charge on any atom is -0.493 e. The van der Waals surface area contributed by atoms with Gasteiger partial charge in [0.15, 0.2) is 11.1 Å². The lowest BCUT2D eigenvalue weighted by Crippen LogP contribution is -2.22. The number of nitrogens with one attached hydrogen (secondary N) is 1. The molecule has 0 spiro atoms. The zero-order valence-corrected chi connectivity index (χ0v) is 15.8. The van der Waals surface area contributed by atoms with Crippen molar-refractivity contribution in [1.82, 2.24) is 9.55 Å². The summed E-state index contributed by atoms with van der Waals surface area (Å²) in [4.78, 5) is 26.7. The van der Waals surface area contributed by atoms with Crippen LogP contribution in [0, 0.1) is 12.8 Å². The van der Waals surface area contributed by atoms with Crippen LogP contribution in [0.1, 0.15) is 36.8 Å². The number of aromatic nitrogens is 2. The lowest BCUT2D eigenvalue weighted by atomic mass is 10.1. The van der Waals surface area contributed by atoms with Crippen LogP contribution in [0.3, 0.4) is 0 Å². The van der Waals surface area contributed by atoms with Gasteiger partial charge in [0.1, 0.15) is 5.75 Å². The van der Waals surface area contributed by atoms with E-state index in [1.165, 1.54) is 30.3 Å². The molecule has 1 aliphatic rings. The Hall–Kier alpha value is -2.47. The van der Waals surface area contributed by atoms with E-state index in [4.69, 9.17) is 20.8 Å². The zero-order chi connectivity index (χ0) is 19.0. The minimum absolute atomic E-state index is 0.167. The smallest absolute Gasteiger partial charge is 0.417 e. The first-order chi connectivity index (χ1) is 13.0. The van der Waals surface area contributed by atoms with Crippen LogP contribution in [-0.2, 0) is 6.54 Å². The van der Waals surface area contributed by atoms with Crippen LogP contribution in [0.2, 0.25) is 5.02 Å². The molecular formula is C20H21ClN2O4. The molecule has 142 valence electrons. The maximum atomic E-state index is 12.7. The van der Waals surface area contributed by atoms with E-state index in [0.717, 1.165) is 5.56 Å². The van der Waals surface area contributed by atoms with Gasteiger partial charge in [-0.2, -0.15) is 0 Å². The van der Waals surface area contributed by atoms with E-state index in [0.29, 0.717) is 28.9 Å². The van der Waals surface area contributed by atoms with Crippen LogP contribution in [0.25, 0.3) is 11.1 Å². The molecule has 1 fully saturated rings. The first-order valence-corrected chi connectivity index (χ1v) is 9.54. The largest absolute Gasteiger partial charge is 0.493 e. The molecule has 4 rings (SSSR count). The van der Waals surface area contributed by atoms with Crippen LogP contribution < -0.4 is 16.1 Å². The Morgan fingerprint density at radius 3 is 2.85 bits per heavy atom. The predicted octanol–water partition coefficient (Wildman–Crippen LogP) is 3.86. The van der Waals surface area contributed by atoms with Crippen molar-refractivity contribution < 1.29 is 9.15 Å². The molecule has 0 bridgehead atoms. The number of nitrogens with zero attached hydrogens (tertiary/aromatic N) is 1. The van der Waals surface area contributed by atoms with E-state index in [1.54, 1.807) is 19.2 Å². The molecule has 1 aliphatic carbocycles. The topological polar surface area (TPSA) is 77.2 Å². The fourth-order valence-corrected chi connectivity index (χ4v) is 3.98. The molecule has 7 heteroatoms. The number of fused-ring (bicyclic) bond motifs is 1. The summed E-state index contributed by atoms with van der Waals surface area (Å²) in [5.74, 6) is 0.634. The number of rotatable bonds is 5. The lowest BCUT2D eigenvalue weighted by molar-refractivity contribution is 0.249. The van der Waals surface area contributed by atoms with Gasteiger partial charge >= 0.3 is 5.76 Å². The second-order valence-electron chi connectivity index (χ2n) is 7.14. The monoisotopic (exact) mass is 388 g/mol. The van der Waals surface area contributed by atoms with Gasteiger partial charge in [0.25, 0.3) is 5.56 Å². The average molecular weight is 389 g/mol. The van der Waals surface area contributed by atoms with Crippen LogP contribution in [0.5, 0.6) is 5.75 Å². The van der Waals surface area contributed by atoms with E-state index in [1.807, 2.05) is 12.1 Å². The van der Waals surface area contributed by atoms with Crippen molar-refractivity contribution in [1.29, 1.82) is 0 Å². The summed E-state index contributed by atoms with van der Waals surface area (Å²) in [6.07, 6.45) is 6.58. The second kappa shape index (κ2) is 7.27. The molecule has 0 amide bonds. The number of pyridine rings is 1. The molecule has 0 unspecified atom stereocenters. The number of aryl methyl sites for hydroxylation is 1. The summed E-state index contributed by atoms with van der Waals surface area (Å²) in [5, 5.41) is 0.546. The van der Waals surface area contributed by atoms with Gasteiger partial charge in [-0.15, -0.1) is 0 Å². The van der Waals surface area contributed by atoms with Crippen LogP contribution in [-0.4, -0.2) is 16.2 Å². The number of halogens is 1. The molecule has 1 saturated carbocycles. The van der Waals surface area contributed by atoms with Crippen LogP contribution >= 0.6 is 11.6 Å².